The third kappa shape index (κ3) is 2.54. The fourth-order valence-electron chi connectivity index (χ4n) is 1.14. The Morgan fingerprint density at radius 3 is 2.81 bits per heavy atom. The van der Waals surface area contributed by atoms with E-state index in [0.29, 0.717) is 5.69 Å². The molecular formula is C8H6FN3O3S. The number of benzene rings is 1. The van der Waals surface area contributed by atoms with Gasteiger partial charge in [-0.1, -0.05) is 15.2 Å². The molecule has 0 aliphatic carbocycles. The molecule has 2 rings (SSSR count). The zero-order chi connectivity index (χ0) is 11.6. The molecule has 0 radical (unpaired) electrons. The molecule has 2 aromatic rings. The first-order valence-electron chi connectivity index (χ1n) is 4.15. The van der Waals surface area contributed by atoms with Gasteiger partial charge in [0.25, 0.3) is 0 Å². The summed E-state index contributed by atoms with van der Waals surface area (Å²) in [6, 6.07) is 5.80. The van der Waals surface area contributed by atoms with Crippen molar-refractivity contribution in [3.63, 3.8) is 0 Å². The maximum absolute atomic E-state index is 12.3. The smallest absolute Gasteiger partial charge is 0.358 e. The van der Waals surface area contributed by atoms with E-state index in [9.17, 15) is 12.3 Å². The van der Waals surface area contributed by atoms with Gasteiger partial charge in [-0.3, -0.25) is 0 Å². The van der Waals surface area contributed by atoms with Gasteiger partial charge in [0.15, 0.2) is 0 Å². The van der Waals surface area contributed by atoms with Gasteiger partial charge < -0.3 is 4.18 Å². The molecule has 6 nitrogen and oxygen atoms in total. The molecule has 8 heteroatoms. The van der Waals surface area contributed by atoms with Crippen molar-refractivity contribution in [1.82, 2.24) is 15.0 Å². The molecule has 0 spiro atoms. The average Bonchev–Trinajstić information content (AvgIpc) is 2.68. The standard InChI is InChI=1S/C8H6FN3O3S/c9-16(13,14)15-8-3-1-2-7(6-8)12-5-4-10-11-12/h1-6H. The highest BCUT2D eigenvalue weighted by atomic mass is 32.3. The highest BCUT2D eigenvalue weighted by molar-refractivity contribution is 7.81. The van der Waals surface area contributed by atoms with E-state index >= 15 is 0 Å². The van der Waals surface area contributed by atoms with Crippen LogP contribution in [0.4, 0.5) is 3.89 Å². The van der Waals surface area contributed by atoms with Crippen LogP contribution in [0.25, 0.3) is 5.69 Å². The molecule has 84 valence electrons. The van der Waals surface area contributed by atoms with Crippen LogP contribution in [0.3, 0.4) is 0 Å². The minimum Gasteiger partial charge on any atom is -0.358 e. The van der Waals surface area contributed by atoms with Crippen molar-refractivity contribution in [2.45, 2.75) is 0 Å². The van der Waals surface area contributed by atoms with Crippen LogP contribution in [-0.4, -0.2) is 23.4 Å². The first kappa shape index (κ1) is 10.6. The van der Waals surface area contributed by atoms with E-state index in [0.717, 1.165) is 0 Å². The summed E-state index contributed by atoms with van der Waals surface area (Å²) in [5, 5.41) is 7.27. The summed E-state index contributed by atoms with van der Waals surface area (Å²) in [4.78, 5) is 0. The van der Waals surface area contributed by atoms with Crippen LogP contribution in [0.5, 0.6) is 5.75 Å². The zero-order valence-electron chi connectivity index (χ0n) is 7.82. The molecule has 0 aliphatic heterocycles. The number of nitrogens with zero attached hydrogens (tertiary/aromatic N) is 3. The van der Waals surface area contributed by atoms with Gasteiger partial charge in [-0.15, -0.1) is 5.10 Å². The first-order valence-corrected chi connectivity index (χ1v) is 5.46. The maximum Gasteiger partial charge on any atom is 0.488 e. The second-order valence-corrected chi connectivity index (χ2v) is 3.77. The molecule has 16 heavy (non-hydrogen) atoms. The lowest BCUT2D eigenvalue weighted by atomic mass is 10.3. The first-order chi connectivity index (χ1) is 7.54. The van der Waals surface area contributed by atoms with Gasteiger partial charge in [0, 0.05) is 6.07 Å². The highest BCUT2D eigenvalue weighted by Crippen LogP contribution is 2.17. The fourth-order valence-corrected chi connectivity index (χ4v) is 1.47. The van der Waals surface area contributed by atoms with Gasteiger partial charge >= 0.3 is 10.5 Å². The quantitative estimate of drug-likeness (QED) is 0.747. The Bertz CT molecular complexity index is 582. The van der Waals surface area contributed by atoms with Crippen LogP contribution < -0.4 is 4.18 Å². The van der Waals surface area contributed by atoms with Crippen LogP contribution in [-0.2, 0) is 10.5 Å². The Morgan fingerprint density at radius 1 is 1.38 bits per heavy atom. The Hall–Kier alpha value is -1.96. The highest BCUT2D eigenvalue weighted by Gasteiger charge is 2.10. The Labute approximate surface area is 90.7 Å². The van der Waals surface area contributed by atoms with Crippen molar-refractivity contribution in [1.29, 1.82) is 0 Å². The van der Waals surface area contributed by atoms with Gasteiger partial charge in [-0.05, 0) is 12.1 Å². The van der Waals surface area contributed by atoms with E-state index < -0.39 is 10.5 Å². The normalized spacial score (nSPS) is 11.3. The number of hydrogen-bond donors (Lipinski definition) is 0. The van der Waals surface area contributed by atoms with E-state index in [2.05, 4.69) is 14.5 Å². The van der Waals surface area contributed by atoms with E-state index in [1.165, 1.54) is 29.1 Å². The van der Waals surface area contributed by atoms with Gasteiger partial charge in [-0.2, -0.15) is 8.42 Å². The van der Waals surface area contributed by atoms with Crippen LogP contribution in [0, 0.1) is 0 Å². The third-order valence-electron chi connectivity index (χ3n) is 1.70. The van der Waals surface area contributed by atoms with Gasteiger partial charge in [0.2, 0.25) is 0 Å². The van der Waals surface area contributed by atoms with Crippen molar-refractivity contribution in [2.75, 3.05) is 0 Å². The molecule has 1 aromatic heterocycles. The Balaban J connectivity index is 2.34. The monoisotopic (exact) mass is 243 g/mol. The predicted molar refractivity (Wildman–Crippen MR) is 52.0 cm³/mol. The predicted octanol–water partition coefficient (Wildman–Crippen LogP) is 0.860. The number of halogens is 1. The van der Waals surface area contributed by atoms with E-state index in [4.69, 9.17) is 0 Å². The molecule has 0 N–H and O–H groups in total. The summed E-state index contributed by atoms with van der Waals surface area (Å²) in [7, 11) is -5.01. The average molecular weight is 243 g/mol. The lowest BCUT2D eigenvalue weighted by molar-refractivity contribution is 0.440. The summed E-state index contributed by atoms with van der Waals surface area (Å²) in [6.45, 7) is 0. The minimum atomic E-state index is -5.01. The number of aromatic nitrogens is 3. The van der Waals surface area contributed by atoms with Crippen molar-refractivity contribution < 1.29 is 16.5 Å². The SMILES string of the molecule is O=S(=O)(F)Oc1cccc(-n2ccnn2)c1. The summed E-state index contributed by atoms with van der Waals surface area (Å²) >= 11 is 0. The van der Waals surface area contributed by atoms with Gasteiger partial charge in [-0.25, -0.2) is 4.68 Å². The molecule has 0 amide bonds. The van der Waals surface area contributed by atoms with Crippen LogP contribution in [0.2, 0.25) is 0 Å². The molecule has 0 unspecified atom stereocenters. The van der Waals surface area contributed by atoms with Crippen molar-refractivity contribution in [3.8, 4) is 11.4 Å². The molecule has 0 aliphatic rings. The van der Waals surface area contributed by atoms with Crippen LogP contribution in [0.1, 0.15) is 0 Å². The van der Waals surface area contributed by atoms with E-state index in [1.807, 2.05) is 0 Å². The van der Waals surface area contributed by atoms with E-state index in [1.54, 1.807) is 12.3 Å². The van der Waals surface area contributed by atoms with Gasteiger partial charge in [0.1, 0.15) is 5.75 Å². The van der Waals surface area contributed by atoms with E-state index in [-0.39, 0.29) is 5.75 Å². The maximum atomic E-state index is 12.3. The van der Waals surface area contributed by atoms with Crippen LogP contribution in [0.15, 0.2) is 36.7 Å². The topological polar surface area (TPSA) is 74.1 Å². The lowest BCUT2D eigenvalue weighted by Crippen LogP contribution is -2.02. The molecule has 0 saturated heterocycles. The molecule has 0 fully saturated rings. The molecular weight excluding hydrogens is 237 g/mol. The molecule has 1 heterocycles. The van der Waals surface area contributed by atoms with Crippen molar-refractivity contribution in [3.05, 3.63) is 36.7 Å². The summed E-state index contributed by atoms with van der Waals surface area (Å²) in [5.41, 5.74) is 0.513. The fraction of sp³-hybridized carbons (Fsp3) is 0. The lowest BCUT2D eigenvalue weighted by Gasteiger charge is -2.03. The minimum absolute atomic E-state index is 0.129. The number of rotatable bonds is 3. The van der Waals surface area contributed by atoms with Crippen LogP contribution >= 0.6 is 0 Å². The molecule has 1 aromatic carbocycles. The summed E-state index contributed by atoms with van der Waals surface area (Å²) in [5.74, 6) is -0.129. The summed E-state index contributed by atoms with van der Waals surface area (Å²) in [6.07, 6.45) is 3.02. The zero-order valence-corrected chi connectivity index (χ0v) is 8.63. The largest absolute Gasteiger partial charge is 0.488 e. The van der Waals surface area contributed by atoms with Gasteiger partial charge in [0.05, 0.1) is 18.1 Å². The molecule has 0 atom stereocenters. The third-order valence-corrected chi connectivity index (χ3v) is 2.09. The number of hydrogen-bond acceptors (Lipinski definition) is 5. The second kappa shape index (κ2) is 3.89. The summed E-state index contributed by atoms with van der Waals surface area (Å²) < 4.78 is 38.3. The second-order valence-electron chi connectivity index (χ2n) is 2.82. The molecule has 0 saturated carbocycles. The Morgan fingerprint density at radius 2 is 2.19 bits per heavy atom. The molecule has 0 bridgehead atoms. The Kier molecular flexibility index (Phi) is 2.57. The van der Waals surface area contributed by atoms with Crippen molar-refractivity contribution in [2.24, 2.45) is 0 Å². The van der Waals surface area contributed by atoms with Crippen molar-refractivity contribution >= 4 is 10.5 Å².